The number of rotatable bonds is 6. The molecule has 1 N–H and O–H groups in total. The van der Waals surface area contributed by atoms with Crippen molar-refractivity contribution >= 4 is 16.8 Å². The van der Waals surface area contributed by atoms with Crippen LogP contribution >= 0.6 is 0 Å². The summed E-state index contributed by atoms with van der Waals surface area (Å²) in [6, 6.07) is 8.07. The Balaban J connectivity index is 1.51. The second kappa shape index (κ2) is 8.52. The molecule has 1 saturated carbocycles. The number of aromatic amines is 1. The molecule has 174 valence electrons. The minimum atomic E-state index is -0.638. The molecule has 2 aromatic heterocycles. The fourth-order valence-electron chi connectivity index (χ4n) is 4.07. The summed E-state index contributed by atoms with van der Waals surface area (Å²) >= 11 is 0. The summed E-state index contributed by atoms with van der Waals surface area (Å²) in [5.41, 5.74) is 3.13. The van der Waals surface area contributed by atoms with Crippen LogP contribution in [0.15, 0.2) is 48.8 Å². The summed E-state index contributed by atoms with van der Waals surface area (Å²) in [6.07, 6.45) is 5.12. The van der Waals surface area contributed by atoms with E-state index in [1.807, 2.05) is 13.8 Å². The number of ether oxygens (including phenoxy) is 1. The molecule has 1 aliphatic carbocycles. The second-order valence-electron chi connectivity index (χ2n) is 8.71. The van der Waals surface area contributed by atoms with Crippen LogP contribution in [0.2, 0.25) is 0 Å². The van der Waals surface area contributed by atoms with Crippen molar-refractivity contribution in [2.24, 2.45) is 0 Å². The van der Waals surface area contributed by atoms with Gasteiger partial charge in [0.2, 0.25) is 0 Å². The first-order valence-electron chi connectivity index (χ1n) is 11.2. The Labute approximate surface area is 195 Å². The van der Waals surface area contributed by atoms with Crippen molar-refractivity contribution in [2.75, 3.05) is 7.05 Å². The summed E-state index contributed by atoms with van der Waals surface area (Å²) in [5.74, 6) is -1.24. The SMILES string of the molecule is Cc1ncc([C@@H](C)N(C)C(=O)c2cc(F)c(-c3cccc(F)c3)c(OC3CC3)c2)c2[nH]ncc12. The van der Waals surface area contributed by atoms with Gasteiger partial charge in [-0.15, -0.1) is 0 Å². The summed E-state index contributed by atoms with van der Waals surface area (Å²) in [6.45, 7) is 3.77. The van der Waals surface area contributed by atoms with Gasteiger partial charge in [0.1, 0.15) is 17.4 Å². The molecule has 5 rings (SSSR count). The zero-order valence-electron chi connectivity index (χ0n) is 19.1. The lowest BCUT2D eigenvalue weighted by Gasteiger charge is -2.26. The van der Waals surface area contributed by atoms with Crippen LogP contribution in [-0.2, 0) is 0 Å². The van der Waals surface area contributed by atoms with E-state index in [1.165, 1.54) is 29.2 Å². The number of nitrogens with zero attached hydrogens (tertiary/aromatic N) is 3. The van der Waals surface area contributed by atoms with E-state index < -0.39 is 11.6 Å². The first-order chi connectivity index (χ1) is 16.3. The van der Waals surface area contributed by atoms with Gasteiger partial charge >= 0.3 is 0 Å². The number of benzene rings is 2. The van der Waals surface area contributed by atoms with Crippen LogP contribution < -0.4 is 4.74 Å². The van der Waals surface area contributed by atoms with Gasteiger partial charge in [0.05, 0.1) is 29.4 Å². The average Bonchev–Trinajstić information content (AvgIpc) is 3.48. The van der Waals surface area contributed by atoms with Gasteiger partial charge in [0.15, 0.2) is 0 Å². The number of carbonyl (C=O) groups is 1. The molecule has 0 radical (unpaired) electrons. The molecule has 0 bridgehead atoms. The van der Waals surface area contributed by atoms with Crippen LogP contribution in [0.5, 0.6) is 5.75 Å². The molecule has 0 aliphatic heterocycles. The minimum Gasteiger partial charge on any atom is -0.490 e. The average molecular weight is 463 g/mol. The van der Waals surface area contributed by atoms with Gasteiger partial charge in [0, 0.05) is 35.5 Å². The summed E-state index contributed by atoms with van der Waals surface area (Å²) < 4.78 is 35.1. The van der Waals surface area contributed by atoms with Crippen molar-refractivity contribution < 1.29 is 18.3 Å². The number of nitrogens with one attached hydrogen (secondary N) is 1. The van der Waals surface area contributed by atoms with Crippen LogP contribution in [0, 0.1) is 18.6 Å². The lowest BCUT2D eigenvalue weighted by Crippen LogP contribution is -2.30. The number of amides is 1. The monoisotopic (exact) mass is 462 g/mol. The molecule has 1 amide bonds. The third-order valence-corrected chi connectivity index (χ3v) is 6.30. The smallest absolute Gasteiger partial charge is 0.254 e. The number of aromatic nitrogens is 3. The molecule has 0 unspecified atom stereocenters. The van der Waals surface area contributed by atoms with Gasteiger partial charge in [-0.3, -0.25) is 14.9 Å². The zero-order chi connectivity index (χ0) is 24.0. The van der Waals surface area contributed by atoms with Gasteiger partial charge in [-0.25, -0.2) is 8.78 Å². The number of fused-ring (bicyclic) bond motifs is 1. The second-order valence-corrected chi connectivity index (χ2v) is 8.71. The van der Waals surface area contributed by atoms with E-state index in [1.54, 1.807) is 31.6 Å². The highest BCUT2D eigenvalue weighted by atomic mass is 19.1. The maximum atomic E-state index is 15.4. The van der Waals surface area contributed by atoms with Crippen molar-refractivity contribution in [3.05, 3.63) is 77.2 Å². The maximum Gasteiger partial charge on any atom is 0.254 e. The molecule has 6 nitrogen and oxygen atoms in total. The van der Waals surface area contributed by atoms with Gasteiger partial charge in [-0.1, -0.05) is 12.1 Å². The Morgan fingerprint density at radius 3 is 2.74 bits per heavy atom. The molecule has 1 atom stereocenters. The van der Waals surface area contributed by atoms with E-state index in [2.05, 4.69) is 15.2 Å². The molecule has 1 aliphatic rings. The third kappa shape index (κ3) is 4.00. The highest BCUT2D eigenvalue weighted by Crippen LogP contribution is 2.38. The summed E-state index contributed by atoms with van der Waals surface area (Å²) in [7, 11) is 1.66. The highest BCUT2D eigenvalue weighted by Gasteiger charge is 2.29. The Morgan fingerprint density at radius 1 is 1.21 bits per heavy atom. The molecule has 8 heteroatoms. The first kappa shape index (κ1) is 22.0. The van der Waals surface area contributed by atoms with Crippen molar-refractivity contribution in [2.45, 2.75) is 38.8 Å². The van der Waals surface area contributed by atoms with Crippen molar-refractivity contribution in [3.63, 3.8) is 0 Å². The van der Waals surface area contributed by atoms with Gasteiger partial charge in [-0.05, 0) is 56.5 Å². The number of H-pyrrole nitrogens is 1. The topological polar surface area (TPSA) is 71.1 Å². The minimum absolute atomic E-state index is 0.0268. The largest absolute Gasteiger partial charge is 0.490 e. The standard InChI is InChI=1S/C26H24F2N4O2/c1-14-20-13-30-31-25(20)21(12-29-14)15(2)32(3)26(33)17-10-22(28)24(16-5-4-6-18(27)9-16)23(11-17)34-19-7-8-19/h4-6,9-13,15,19H,7-8H2,1-3H3,(H,30,31)/t15-/m1/s1. The van der Waals surface area contributed by atoms with Crippen LogP contribution in [0.3, 0.4) is 0 Å². The van der Waals surface area contributed by atoms with Gasteiger partial charge < -0.3 is 9.64 Å². The predicted octanol–water partition coefficient (Wildman–Crippen LogP) is 5.59. The van der Waals surface area contributed by atoms with Crippen LogP contribution in [0.1, 0.15) is 47.4 Å². The van der Waals surface area contributed by atoms with E-state index in [0.717, 1.165) is 35.0 Å². The molecular weight excluding hydrogens is 438 g/mol. The molecule has 1 fully saturated rings. The van der Waals surface area contributed by atoms with E-state index in [0.29, 0.717) is 5.56 Å². The van der Waals surface area contributed by atoms with E-state index in [-0.39, 0.29) is 34.9 Å². The summed E-state index contributed by atoms with van der Waals surface area (Å²) in [4.78, 5) is 19.4. The number of hydrogen-bond donors (Lipinski definition) is 1. The Hall–Kier alpha value is -3.81. The number of halogens is 2. The molecule has 2 heterocycles. The first-order valence-corrected chi connectivity index (χ1v) is 11.2. The number of aryl methyl sites for hydroxylation is 1. The van der Waals surface area contributed by atoms with Crippen LogP contribution in [-0.4, -0.2) is 39.1 Å². The van der Waals surface area contributed by atoms with Crippen molar-refractivity contribution in [1.29, 1.82) is 0 Å². The Morgan fingerprint density at radius 2 is 2.00 bits per heavy atom. The van der Waals surface area contributed by atoms with Crippen LogP contribution in [0.4, 0.5) is 8.78 Å². The van der Waals surface area contributed by atoms with Crippen molar-refractivity contribution in [3.8, 4) is 16.9 Å². The predicted molar refractivity (Wildman–Crippen MR) is 125 cm³/mol. The van der Waals surface area contributed by atoms with E-state index in [9.17, 15) is 9.18 Å². The van der Waals surface area contributed by atoms with Gasteiger partial charge in [-0.2, -0.15) is 5.10 Å². The highest BCUT2D eigenvalue weighted by molar-refractivity contribution is 5.96. The molecule has 2 aromatic carbocycles. The fraction of sp³-hybridized carbons (Fsp3) is 0.269. The lowest BCUT2D eigenvalue weighted by molar-refractivity contribution is 0.0742. The normalized spacial score (nSPS) is 14.3. The van der Waals surface area contributed by atoms with Crippen LogP contribution in [0.25, 0.3) is 22.0 Å². The Bertz CT molecular complexity index is 1400. The van der Waals surface area contributed by atoms with Crippen molar-refractivity contribution in [1.82, 2.24) is 20.1 Å². The molecule has 0 spiro atoms. The lowest BCUT2D eigenvalue weighted by atomic mass is 10.00. The zero-order valence-corrected chi connectivity index (χ0v) is 19.1. The molecule has 0 saturated heterocycles. The third-order valence-electron chi connectivity index (χ3n) is 6.30. The summed E-state index contributed by atoms with van der Waals surface area (Å²) in [5, 5.41) is 7.97. The van der Waals surface area contributed by atoms with E-state index in [4.69, 9.17) is 4.74 Å². The number of pyridine rings is 1. The molecular formula is C26H24F2N4O2. The molecule has 34 heavy (non-hydrogen) atoms. The number of carbonyl (C=O) groups excluding carboxylic acids is 1. The quantitative estimate of drug-likeness (QED) is 0.406. The Kier molecular flexibility index (Phi) is 5.51. The molecule has 4 aromatic rings. The maximum absolute atomic E-state index is 15.4. The van der Waals surface area contributed by atoms with Gasteiger partial charge in [0.25, 0.3) is 5.91 Å². The fourth-order valence-corrected chi connectivity index (χ4v) is 4.07. The van der Waals surface area contributed by atoms with E-state index >= 15 is 4.39 Å². The number of hydrogen-bond acceptors (Lipinski definition) is 4.